The molecule has 0 radical (unpaired) electrons. The summed E-state index contributed by atoms with van der Waals surface area (Å²) in [5, 5.41) is 32.6. The summed E-state index contributed by atoms with van der Waals surface area (Å²) in [6, 6.07) is 12.9. The minimum absolute atomic E-state index is 0.0134. The highest BCUT2D eigenvalue weighted by atomic mass is 16.5. The highest BCUT2D eigenvalue weighted by Crippen LogP contribution is 2.38. The number of rotatable bonds is 11. The van der Waals surface area contributed by atoms with E-state index in [1.807, 2.05) is 31.5 Å². The predicted molar refractivity (Wildman–Crippen MR) is 233 cm³/mol. The predicted octanol–water partition coefficient (Wildman–Crippen LogP) is 6.28. The number of anilines is 3. The molecule has 2 aliphatic carbocycles. The first-order valence-corrected chi connectivity index (χ1v) is 21.9. The normalized spacial score (nSPS) is 22.8. The zero-order valence-electron chi connectivity index (χ0n) is 35.2. The van der Waals surface area contributed by atoms with Crippen LogP contribution in [0.15, 0.2) is 73.7 Å². The van der Waals surface area contributed by atoms with Crippen molar-refractivity contribution in [3.05, 3.63) is 96.2 Å². The van der Waals surface area contributed by atoms with Gasteiger partial charge in [-0.25, -0.2) is 29.0 Å². The summed E-state index contributed by atoms with van der Waals surface area (Å²) in [6.45, 7) is 5.30. The van der Waals surface area contributed by atoms with Crippen molar-refractivity contribution < 1.29 is 18.9 Å². The summed E-state index contributed by atoms with van der Waals surface area (Å²) in [4.78, 5) is 22.6. The van der Waals surface area contributed by atoms with Gasteiger partial charge in [0, 0.05) is 56.0 Å². The summed E-state index contributed by atoms with van der Waals surface area (Å²) in [6.07, 6.45) is 21.7. The van der Waals surface area contributed by atoms with Crippen molar-refractivity contribution >= 4 is 34.1 Å². The van der Waals surface area contributed by atoms with Crippen LogP contribution in [0.1, 0.15) is 80.3 Å². The molecule has 4 aliphatic rings. The number of nitriles is 2. The Hall–Kier alpha value is -6.82. The summed E-state index contributed by atoms with van der Waals surface area (Å²) in [5.41, 5.74) is 5.39. The summed E-state index contributed by atoms with van der Waals surface area (Å²) in [7, 11) is 0. The van der Waals surface area contributed by atoms with E-state index in [9.17, 15) is 10.5 Å². The van der Waals surface area contributed by atoms with Crippen LogP contribution in [0.25, 0.3) is 16.6 Å². The molecule has 2 saturated carbocycles. The van der Waals surface area contributed by atoms with Gasteiger partial charge in [0.25, 0.3) is 0 Å². The van der Waals surface area contributed by atoms with Crippen LogP contribution in [0.3, 0.4) is 0 Å². The third kappa shape index (κ3) is 8.54. The average molecular weight is 848 g/mol. The third-order valence-corrected chi connectivity index (χ3v) is 12.6. The molecule has 1 unspecified atom stereocenters. The molecule has 0 spiro atoms. The SMILES string of the molecule is Cc1nccc(N(C2CCC(Oc3cc(N4CCOCC4)cn4ncc(C#N)c34)CC2)C2C=C(c3cc(OC4CCC(Nc5ncccn5)CC4)c4c(C#N)cnn4c3)CCO2)n1. The Morgan fingerprint density at radius 3 is 2.14 bits per heavy atom. The molecule has 322 valence electrons. The molecule has 6 aromatic heterocycles. The van der Waals surface area contributed by atoms with Gasteiger partial charge in [0.2, 0.25) is 5.95 Å². The minimum Gasteiger partial charge on any atom is -0.488 e. The number of nitrogens with one attached hydrogen (secondary N) is 1. The number of morpholine rings is 1. The molecule has 1 atom stereocenters. The maximum Gasteiger partial charge on any atom is 0.222 e. The van der Waals surface area contributed by atoms with E-state index in [1.165, 1.54) is 0 Å². The fourth-order valence-electron chi connectivity index (χ4n) is 9.46. The van der Waals surface area contributed by atoms with Crippen molar-refractivity contribution in [3.8, 4) is 23.6 Å². The molecule has 0 bridgehead atoms. The molecule has 10 rings (SSSR count). The Bertz CT molecular complexity index is 2680. The first-order valence-electron chi connectivity index (χ1n) is 21.9. The van der Waals surface area contributed by atoms with Crippen LogP contribution < -0.4 is 24.6 Å². The molecule has 0 aromatic carbocycles. The topological polar surface area (TPSA) is 189 Å². The van der Waals surface area contributed by atoms with E-state index >= 15 is 0 Å². The molecule has 17 nitrogen and oxygen atoms in total. The van der Waals surface area contributed by atoms with Gasteiger partial charge in [-0.15, -0.1) is 0 Å². The molecule has 3 fully saturated rings. The summed E-state index contributed by atoms with van der Waals surface area (Å²) in [5.74, 6) is 3.46. The van der Waals surface area contributed by atoms with Crippen LogP contribution in [0, 0.1) is 29.6 Å². The lowest BCUT2D eigenvalue weighted by atomic mass is 9.91. The smallest absolute Gasteiger partial charge is 0.222 e. The largest absolute Gasteiger partial charge is 0.488 e. The van der Waals surface area contributed by atoms with E-state index < -0.39 is 6.23 Å². The van der Waals surface area contributed by atoms with Crippen molar-refractivity contribution in [1.29, 1.82) is 10.5 Å². The molecule has 17 heteroatoms. The average Bonchev–Trinajstić information content (AvgIpc) is 3.96. The molecule has 63 heavy (non-hydrogen) atoms. The fraction of sp³-hybridized carbons (Fsp3) is 0.435. The second-order valence-electron chi connectivity index (χ2n) is 16.6. The Labute approximate surface area is 364 Å². The van der Waals surface area contributed by atoms with E-state index in [2.05, 4.69) is 70.6 Å². The van der Waals surface area contributed by atoms with Crippen molar-refractivity contribution in [2.75, 3.05) is 48.0 Å². The quantitative estimate of drug-likeness (QED) is 0.153. The van der Waals surface area contributed by atoms with Crippen molar-refractivity contribution in [2.24, 2.45) is 0 Å². The molecule has 1 saturated heterocycles. The lowest BCUT2D eigenvalue weighted by Gasteiger charge is -2.42. The van der Waals surface area contributed by atoms with Gasteiger partial charge in [-0.05, 0) is 100 Å². The van der Waals surface area contributed by atoms with Gasteiger partial charge in [-0.1, -0.05) is 0 Å². The standard InChI is InChI=1S/C46H49N13O4/c1-30-49-15-11-42(54-30)59(36-5-9-39(10-6-36)63-41-23-37(56-16-19-60-20-17-56)29-58-45(41)34(25-48)27-53-58)43-22-31(12-18-61-43)32-21-40(44-33(24-47)26-52-57(44)28-32)62-38-7-3-35(4-8-38)55-46-50-13-2-14-51-46/h2,11,13-15,21-23,26-29,35-36,38-39,43H,3-10,12,16-20H2,1H3,(H,50,51,55). The fourth-order valence-corrected chi connectivity index (χ4v) is 9.46. The zero-order chi connectivity index (χ0) is 42.7. The Morgan fingerprint density at radius 2 is 1.46 bits per heavy atom. The first kappa shape index (κ1) is 40.3. The number of fused-ring (bicyclic) bond motifs is 2. The van der Waals surface area contributed by atoms with Gasteiger partial charge in [-0.2, -0.15) is 20.7 Å². The zero-order valence-corrected chi connectivity index (χ0v) is 35.2. The van der Waals surface area contributed by atoms with E-state index in [0.717, 1.165) is 87.1 Å². The maximum absolute atomic E-state index is 10.0. The second kappa shape index (κ2) is 17.9. The molecular weight excluding hydrogens is 799 g/mol. The molecule has 6 aromatic rings. The summed E-state index contributed by atoms with van der Waals surface area (Å²) < 4.78 is 29.3. The van der Waals surface area contributed by atoms with E-state index in [1.54, 1.807) is 40.0 Å². The number of aromatic nitrogens is 8. The monoisotopic (exact) mass is 847 g/mol. The van der Waals surface area contributed by atoms with Crippen molar-refractivity contribution in [2.45, 2.75) is 95.2 Å². The third-order valence-electron chi connectivity index (χ3n) is 12.6. The highest BCUT2D eigenvalue weighted by molar-refractivity contribution is 5.76. The van der Waals surface area contributed by atoms with Crippen molar-refractivity contribution in [1.82, 2.24) is 39.2 Å². The van der Waals surface area contributed by atoms with Crippen LogP contribution >= 0.6 is 0 Å². The van der Waals surface area contributed by atoms with Gasteiger partial charge in [-0.3, -0.25) is 0 Å². The molecular formula is C46H49N13O4. The lowest BCUT2D eigenvalue weighted by molar-refractivity contribution is 0.0638. The van der Waals surface area contributed by atoms with E-state index in [-0.39, 0.29) is 24.3 Å². The van der Waals surface area contributed by atoms with Gasteiger partial charge in [0.15, 0.2) is 6.23 Å². The Balaban J connectivity index is 0.887. The molecule has 8 heterocycles. The summed E-state index contributed by atoms with van der Waals surface area (Å²) >= 11 is 0. The van der Waals surface area contributed by atoms with Gasteiger partial charge < -0.3 is 34.1 Å². The molecule has 1 N–H and O–H groups in total. The molecule has 2 aliphatic heterocycles. The van der Waals surface area contributed by atoms with E-state index in [4.69, 9.17) is 23.9 Å². The number of ether oxygens (including phenoxy) is 4. The molecule has 0 amide bonds. The maximum atomic E-state index is 10.0. The highest BCUT2D eigenvalue weighted by Gasteiger charge is 2.35. The van der Waals surface area contributed by atoms with Crippen LogP contribution in [-0.4, -0.2) is 103 Å². The van der Waals surface area contributed by atoms with Crippen LogP contribution in [0.2, 0.25) is 0 Å². The number of pyridine rings is 2. The number of aryl methyl sites for hydroxylation is 1. The van der Waals surface area contributed by atoms with Crippen molar-refractivity contribution in [3.63, 3.8) is 0 Å². The Kier molecular flexibility index (Phi) is 11.4. The van der Waals surface area contributed by atoms with Gasteiger partial charge in [0.1, 0.15) is 57.4 Å². The van der Waals surface area contributed by atoms with E-state index in [0.29, 0.717) is 71.7 Å². The van der Waals surface area contributed by atoms with Crippen LogP contribution in [0.4, 0.5) is 17.5 Å². The lowest BCUT2D eigenvalue weighted by Crippen LogP contribution is -2.48. The number of hydrogen-bond acceptors (Lipinski definition) is 15. The number of nitrogens with zero attached hydrogens (tertiary/aromatic N) is 12. The second-order valence-corrected chi connectivity index (χ2v) is 16.6. The Morgan fingerprint density at radius 1 is 0.794 bits per heavy atom. The first-order chi connectivity index (χ1) is 31.0. The van der Waals surface area contributed by atoms with Gasteiger partial charge >= 0.3 is 0 Å². The minimum atomic E-state index is -0.399. The van der Waals surface area contributed by atoms with Gasteiger partial charge in [0.05, 0.1) is 56.3 Å². The number of hydrogen-bond donors (Lipinski definition) is 1. The van der Waals surface area contributed by atoms with Crippen LogP contribution in [0.5, 0.6) is 11.5 Å². The van der Waals surface area contributed by atoms with Crippen LogP contribution in [-0.2, 0) is 9.47 Å².